The number of aryl methyl sites for hydroxylation is 1. The van der Waals surface area contributed by atoms with Crippen molar-refractivity contribution in [2.24, 2.45) is 0 Å². The lowest BCUT2D eigenvalue weighted by Gasteiger charge is -2.31. The summed E-state index contributed by atoms with van der Waals surface area (Å²) in [6.45, 7) is 17.2. The Bertz CT molecular complexity index is 1030. The highest BCUT2D eigenvalue weighted by Gasteiger charge is 2.35. The van der Waals surface area contributed by atoms with Crippen molar-refractivity contribution < 1.29 is 9.15 Å². The predicted molar refractivity (Wildman–Crippen MR) is 117 cm³/mol. The number of rotatable bonds is 2. The van der Waals surface area contributed by atoms with E-state index in [4.69, 9.17) is 9.15 Å². The molecule has 0 aliphatic carbocycles. The molecule has 1 unspecified atom stereocenters. The molecule has 0 bridgehead atoms. The van der Waals surface area contributed by atoms with E-state index in [-0.39, 0.29) is 11.1 Å². The molecule has 0 saturated carbocycles. The van der Waals surface area contributed by atoms with Gasteiger partial charge in [-0.3, -0.25) is 0 Å². The molecule has 3 nitrogen and oxygen atoms in total. The van der Waals surface area contributed by atoms with Gasteiger partial charge in [0.15, 0.2) is 0 Å². The normalized spacial score (nSPS) is 16.2. The number of ether oxygens (including phenoxy) is 1. The number of hydrogen-bond acceptors (Lipinski definition) is 3. The molecule has 1 atom stereocenters. The minimum absolute atomic E-state index is 0.198. The average Bonchev–Trinajstić information content (AvgIpc) is 2.95. The Kier molecular flexibility index (Phi) is 5.16. The van der Waals surface area contributed by atoms with Crippen molar-refractivity contribution >= 4 is 13.6 Å². The summed E-state index contributed by atoms with van der Waals surface area (Å²) in [5, 5.41) is 0.198. The summed E-state index contributed by atoms with van der Waals surface area (Å²) in [6, 6.07) is 9.82. The minimum atomic E-state index is -1.70. The first kappa shape index (κ1) is 20.2. The summed E-state index contributed by atoms with van der Waals surface area (Å²) in [4.78, 5) is 12.5. The van der Waals surface area contributed by atoms with E-state index in [1.54, 1.807) is 6.92 Å². The van der Waals surface area contributed by atoms with Crippen LogP contribution in [0, 0.1) is 18.4 Å². The van der Waals surface area contributed by atoms with Gasteiger partial charge in [-0.2, -0.15) is 0 Å². The lowest BCUT2D eigenvalue weighted by molar-refractivity contribution is 0.278. The summed E-state index contributed by atoms with van der Waals surface area (Å²) < 4.78 is 11.7. The van der Waals surface area contributed by atoms with Crippen molar-refractivity contribution in [1.82, 2.24) is 0 Å². The third-order valence-corrected chi connectivity index (χ3v) is 10.4. The second kappa shape index (κ2) is 7.14. The zero-order valence-corrected chi connectivity index (χ0v) is 18.6. The van der Waals surface area contributed by atoms with Gasteiger partial charge in [0, 0.05) is 17.6 Å². The molecule has 0 spiro atoms. The standard InChI is InChI=1S/C24H28O3Si/c1-16-20-22(27-21(16)18-12-9-8-10-13-18)19(17(2)26-23(20)25)14-11-15-28(6,7)24(3,4)5/h8-10,12-13,21H,1,14H2,2-7H3. The molecular formula is C24H28O3Si. The van der Waals surface area contributed by atoms with Gasteiger partial charge in [-0.15, -0.1) is 11.5 Å². The summed E-state index contributed by atoms with van der Waals surface area (Å²) in [7, 11) is -1.70. The van der Waals surface area contributed by atoms with Crippen molar-refractivity contribution in [2.45, 2.75) is 58.4 Å². The summed E-state index contributed by atoms with van der Waals surface area (Å²) in [6.07, 6.45) is 0.132. The highest BCUT2D eigenvalue weighted by atomic mass is 28.3. The van der Waals surface area contributed by atoms with Gasteiger partial charge in [0.05, 0.1) is 0 Å². The van der Waals surface area contributed by atoms with Gasteiger partial charge in [0.1, 0.15) is 31.3 Å². The number of fused-ring (bicyclic) bond motifs is 1. The van der Waals surface area contributed by atoms with Crippen molar-refractivity contribution in [3.8, 4) is 17.2 Å². The van der Waals surface area contributed by atoms with Crippen molar-refractivity contribution in [3.63, 3.8) is 0 Å². The first-order valence-electron chi connectivity index (χ1n) is 9.60. The second-order valence-electron chi connectivity index (χ2n) is 8.92. The second-order valence-corrected chi connectivity index (χ2v) is 13.9. The van der Waals surface area contributed by atoms with Gasteiger partial charge in [0.25, 0.3) is 0 Å². The minimum Gasteiger partial charge on any atom is -0.480 e. The first-order chi connectivity index (χ1) is 13.0. The molecule has 1 aromatic heterocycles. The Labute approximate surface area is 168 Å². The van der Waals surface area contributed by atoms with Crippen LogP contribution in [0.25, 0.3) is 5.57 Å². The van der Waals surface area contributed by atoms with Crippen LogP contribution in [0.5, 0.6) is 5.75 Å². The Morgan fingerprint density at radius 2 is 1.82 bits per heavy atom. The van der Waals surface area contributed by atoms with Gasteiger partial charge < -0.3 is 9.15 Å². The van der Waals surface area contributed by atoms with E-state index in [2.05, 4.69) is 51.9 Å². The highest BCUT2D eigenvalue weighted by molar-refractivity contribution is 6.87. The molecule has 1 aromatic carbocycles. The molecule has 4 heteroatoms. The first-order valence-corrected chi connectivity index (χ1v) is 12.6. The van der Waals surface area contributed by atoms with Crippen LogP contribution in [0.3, 0.4) is 0 Å². The maximum absolute atomic E-state index is 12.5. The van der Waals surface area contributed by atoms with E-state index in [9.17, 15) is 4.79 Å². The van der Waals surface area contributed by atoms with Gasteiger partial charge in [0.2, 0.25) is 0 Å². The van der Waals surface area contributed by atoms with Crippen molar-refractivity contribution in [1.29, 1.82) is 0 Å². The topological polar surface area (TPSA) is 39.4 Å². The lowest BCUT2D eigenvalue weighted by atomic mass is 9.99. The zero-order chi connectivity index (χ0) is 20.7. The van der Waals surface area contributed by atoms with E-state index < -0.39 is 13.7 Å². The fraction of sp³-hybridized carbons (Fsp3) is 0.375. The lowest BCUT2D eigenvalue weighted by Crippen LogP contribution is -2.35. The van der Waals surface area contributed by atoms with Crippen LogP contribution in [-0.4, -0.2) is 8.07 Å². The number of hydrogen-bond donors (Lipinski definition) is 0. The molecule has 0 radical (unpaired) electrons. The van der Waals surface area contributed by atoms with E-state index in [0.29, 0.717) is 29.1 Å². The van der Waals surface area contributed by atoms with Gasteiger partial charge in [-0.25, -0.2) is 4.79 Å². The summed E-state index contributed by atoms with van der Waals surface area (Å²) in [5.41, 5.74) is 6.05. The predicted octanol–water partition coefficient (Wildman–Crippen LogP) is 5.69. The molecule has 0 amide bonds. The smallest absolute Gasteiger partial charge is 0.347 e. The van der Waals surface area contributed by atoms with Crippen LogP contribution in [0.4, 0.5) is 0 Å². The SMILES string of the molecule is C=C1c2c(c(CC#C[Si](C)(C)C(C)(C)C)c(C)oc2=O)OC1c1ccccc1. The third-order valence-electron chi connectivity index (χ3n) is 5.89. The van der Waals surface area contributed by atoms with Crippen LogP contribution in [0.1, 0.15) is 49.3 Å². The Morgan fingerprint density at radius 3 is 2.43 bits per heavy atom. The van der Waals surface area contributed by atoms with E-state index in [0.717, 1.165) is 11.1 Å². The Hall–Kier alpha value is -2.51. The molecular weight excluding hydrogens is 364 g/mol. The van der Waals surface area contributed by atoms with Crippen molar-refractivity contribution in [2.75, 3.05) is 0 Å². The van der Waals surface area contributed by atoms with Crippen LogP contribution >= 0.6 is 0 Å². The van der Waals surface area contributed by atoms with Gasteiger partial charge >= 0.3 is 5.63 Å². The molecule has 1 aliphatic rings. The number of benzene rings is 1. The summed E-state index contributed by atoms with van der Waals surface area (Å²) >= 11 is 0. The monoisotopic (exact) mass is 392 g/mol. The van der Waals surface area contributed by atoms with E-state index in [1.165, 1.54) is 0 Å². The molecule has 146 valence electrons. The maximum Gasteiger partial charge on any atom is 0.347 e. The molecule has 1 aliphatic heterocycles. The van der Waals surface area contributed by atoms with Gasteiger partial charge in [-0.05, 0) is 17.5 Å². The van der Waals surface area contributed by atoms with E-state index >= 15 is 0 Å². The van der Waals surface area contributed by atoms with Crippen LogP contribution in [-0.2, 0) is 6.42 Å². The van der Waals surface area contributed by atoms with Crippen molar-refractivity contribution in [3.05, 3.63) is 69.8 Å². The van der Waals surface area contributed by atoms with Crippen LogP contribution in [0.15, 0.2) is 46.1 Å². The average molecular weight is 393 g/mol. The van der Waals surface area contributed by atoms with Crippen LogP contribution in [0.2, 0.25) is 18.1 Å². The van der Waals surface area contributed by atoms with Crippen LogP contribution < -0.4 is 10.4 Å². The molecule has 0 N–H and O–H groups in total. The highest BCUT2D eigenvalue weighted by Crippen LogP contribution is 2.45. The Balaban J connectivity index is 2.00. The molecule has 0 saturated heterocycles. The van der Waals surface area contributed by atoms with Gasteiger partial charge in [-0.1, -0.05) is 70.8 Å². The molecule has 0 fully saturated rings. The third kappa shape index (κ3) is 3.59. The Morgan fingerprint density at radius 1 is 1.18 bits per heavy atom. The molecule has 2 aromatic rings. The molecule has 28 heavy (non-hydrogen) atoms. The molecule has 2 heterocycles. The quantitative estimate of drug-likeness (QED) is 0.487. The summed E-state index contributed by atoms with van der Waals surface area (Å²) in [5.74, 6) is 4.49. The fourth-order valence-corrected chi connectivity index (χ4v) is 3.93. The van der Waals surface area contributed by atoms with E-state index in [1.807, 2.05) is 30.3 Å². The molecule has 3 rings (SSSR count). The maximum atomic E-state index is 12.5. The zero-order valence-electron chi connectivity index (χ0n) is 17.6. The fourth-order valence-electron chi connectivity index (χ4n) is 3.03. The largest absolute Gasteiger partial charge is 0.480 e.